The van der Waals surface area contributed by atoms with E-state index in [1.165, 1.54) is 13.0 Å². The van der Waals surface area contributed by atoms with Gasteiger partial charge in [-0.05, 0) is 29.3 Å². The molecule has 0 spiro atoms. The van der Waals surface area contributed by atoms with Crippen molar-refractivity contribution < 1.29 is 13.6 Å². The number of halogens is 2. The smallest absolute Gasteiger partial charge is 0.199 e. The molecule has 21 heavy (non-hydrogen) atoms. The fourth-order valence-electron chi connectivity index (χ4n) is 2.42. The first kappa shape index (κ1) is 13.4. The van der Waals surface area contributed by atoms with Crippen molar-refractivity contribution in [2.75, 3.05) is 0 Å². The van der Waals surface area contributed by atoms with Gasteiger partial charge in [0, 0.05) is 5.56 Å². The third kappa shape index (κ3) is 2.21. The number of fused-ring (bicyclic) bond motifs is 1. The molecule has 0 N–H and O–H groups in total. The van der Waals surface area contributed by atoms with E-state index < -0.39 is 23.0 Å². The van der Waals surface area contributed by atoms with Crippen molar-refractivity contribution in [3.05, 3.63) is 82.9 Å². The van der Waals surface area contributed by atoms with Gasteiger partial charge < -0.3 is 0 Å². The highest BCUT2D eigenvalue weighted by Gasteiger charge is 2.21. The zero-order valence-corrected chi connectivity index (χ0v) is 11.4. The lowest BCUT2D eigenvalue weighted by Crippen LogP contribution is -2.09. The molecular weight excluding hydrogens is 270 g/mol. The zero-order chi connectivity index (χ0) is 15.0. The van der Waals surface area contributed by atoms with E-state index >= 15 is 0 Å². The molecule has 1 nitrogen and oxygen atoms in total. The molecule has 0 aliphatic rings. The Morgan fingerprint density at radius 1 is 0.905 bits per heavy atom. The molecule has 0 fully saturated rings. The first-order valence-corrected chi connectivity index (χ1v) is 6.56. The van der Waals surface area contributed by atoms with Gasteiger partial charge in [-0.1, -0.05) is 48.5 Å². The molecular formula is C18H12F2O. The van der Waals surface area contributed by atoms with Gasteiger partial charge in [0.25, 0.3) is 0 Å². The summed E-state index contributed by atoms with van der Waals surface area (Å²) in [5.74, 6) is -2.27. The van der Waals surface area contributed by atoms with Crippen LogP contribution in [0.1, 0.15) is 21.5 Å². The molecule has 3 aromatic carbocycles. The topological polar surface area (TPSA) is 17.1 Å². The normalized spacial score (nSPS) is 10.8. The number of benzene rings is 3. The molecule has 0 aliphatic carbocycles. The average molecular weight is 282 g/mol. The van der Waals surface area contributed by atoms with E-state index in [-0.39, 0.29) is 5.56 Å². The van der Waals surface area contributed by atoms with Crippen LogP contribution >= 0.6 is 0 Å². The molecule has 0 amide bonds. The summed E-state index contributed by atoms with van der Waals surface area (Å²) in [6.07, 6.45) is 0. The van der Waals surface area contributed by atoms with Gasteiger partial charge in [0.05, 0.1) is 5.56 Å². The Morgan fingerprint density at radius 3 is 2.43 bits per heavy atom. The molecule has 0 bridgehead atoms. The second-order valence-corrected chi connectivity index (χ2v) is 4.91. The fourth-order valence-corrected chi connectivity index (χ4v) is 2.42. The first-order chi connectivity index (χ1) is 10.1. The summed E-state index contributed by atoms with van der Waals surface area (Å²) in [6.45, 7) is 1.51. The van der Waals surface area contributed by atoms with Crippen LogP contribution in [0.4, 0.5) is 8.78 Å². The van der Waals surface area contributed by atoms with Gasteiger partial charge >= 0.3 is 0 Å². The Bertz CT molecular complexity index is 848. The van der Waals surface area contributed by atoms with E-state index in [1.807, 2.05) is 18.2 Å². The number of ketones is 1. The van der Waals surface area contributed by atoms with Crippen LogP contribution in [0.3, 0.4) is 0 Å². The standard InChI is InChI=1S/C18H12F2O/c1-11-9-10-15(19)16(17(11)20)18(21)14-8-4-6-12-5-2-3-7-13(12)14/h2-10H,1H3. The van der Waals surface area contributed by atoms with E-state index in [0.717, 1.165) is 11.5 Å². The Kier molecular flexibility index (Phi) is 3.26. The van der Waals surface area contributed by atoms with Gasteiger partial charge in [-0.15, -0.1) is 0 Å². The maximum atomic E-state index is 14.1. The SMILES string of the molecule is Cc1ccc(F)c(C(=O)c2cccc3ccccc23)c1F. The van der Waals surface area contributed by atoms with Gasteiger partial charge in [0.15, 0.2) is 5.78 Å². The van der Waals surface area contributed by atoms with Gasteiger partial charge in [-0.25, -0.2) is 8.78 Å². The molecule has 0 atom stereocenters. The zero-order valence-electron chi connectivity index (χ0n) is 11.4. The van der Waals surface area contributed by atoms with Crippen molar-refractivity contribution in [3.63, 3.8) is 0 Å². The summed E-state index contributed by atoms with van der Waals surface area (Å²) >= 11 is 0. The Balaban J connectivity index is 2.25. The van der Waals surface area contributed by atoms with Crippen LogP contribution in [0.5, 0.6) is 0 Å². The molecule has 3 aromatic rings. The van der Waals surface area contributed by atoms with Crippen LogP contribution < -0.4 is 0 Å². The minimum Gasteiger partial charge on any atom is -0.288 e. The minimum absolute atomic E-state index is 0.250. The van der Waals surface area contributed by atoms with E-state index in [2.05, 4.69) is 0 Å². The molecule has 0 aliphatic heterocycles. The van der Waals surface area contributed by atoms with Crippen LogP contribution in [-0.2, 0) is 0 Å². The lowest BCUT2D eigenvalue weighted by atomic mass is 9.95. The third-order valence-corrected chi connectivity index (χ3v) is 3.55. The quantitative estimate of drug-likeness (QED) is 0.625. The van der Waals surface area contributed by atoms with E-state index in [1.54, 1.807) is 24.3 Å². The second-order valence-electron chi connectivity index (χ2n) is 4.91. The molecule has 0 unspecified atom stereocenters. The van der Waals surface area contributed by atoms with Crippen LogP contribution in [0, 0.1) is 18.6 Å². The van der Waals surface area contributed by atoms with Gasteiger partial charge in [-0.3, -0.25) is 4.79 Å². The molecule has 0 saturated carbocycles. The van der Waals surface area contributed by atoms with E-state index in [4.69, 9.17) is 0 Å². The summed E-state index contributed by atoms with van der Waals surface area (Å²) in [5, 5.41) is 1.54. The third-order valence-electron chi connectivity index (χ3n) is 3.55. The monoisotopic (exact) mass is 282 g/mol. The number of carbonyl (C=O) groups excluding carboxylic acids is 1. The number of carbonyl (C=O) groups is 1. The number of aryl methyl sites for hydroxylation is 1. The fraction of sp³-hybridized carbons (Fsp3) is 0.0556. The van der Waals surface area contributed by atoms with Crippen molar-refractivity contribution in [2.24, 2.45) is 0 Å². The molecule has 0 aromatic heterocycles. The Morgan fingerprint density at radius 2 is 1.62 bits per heavy atom. The second kappa shape index (κ2) is 5.09. The highest BCUT2D eigenvalue weighted by Crippen LogP contribution is 2.25. The summed E-state index contributed by atoms with van der Waals surface area (Å²) in [5.41, 5.74) is 0.0582. The summed E-state index contributed by atoms with van der Waals surface area (Å²) < 4.78 is 28.0. The molecule has 3 heteroatoms. The Hall–Kier alpha value is -2.55. The summed E-state index contributed by atoms with van der Waals surface area (Å²) in [7, 11) is 0. The van der Waals surface area contributed by atoms with Crippen molar-refractivity contribution in [2.45, 2.75) is 6.92 Å². The summed E-state index contributed by atoms with van der Waals surface area (Å²) in [6, 6.07) is 14.9. The predicted molar refractivity (Wildman–Crippen MR) is 78.5 cm³/mol. The van der Waals surface area contributed by atoms with Gasteiger partial charge in [0.2, 0.25) is 0 Å². The molecule has 3 rings (SSSR count). The largest absolute Gasteiger partial charge is 0.288 e. The number of hydrogen-bond acceptors (Lipinski definition) is 1. The van der Waals surface area contributed by atoms with Crippen LogP contribution in [0.25, 0.3) is 10.8 Å². The van der Waals surface area contributed by atoms with Crippen molar-refractivity contribution in [1.82, 2.24) is 0 Å². The van der Waals surface area contributed by atoms with Crippen LogP contribution in [0.2, 0.25) is 0 Å². The minimum atomic E-state index is -0.837. The van der Waals surface area contributed by atoms with Crippen LogP contribution in [0.15, 0.2) is 54.6 Å². The van der Waals surface area contributed by atoms with Gasteiger partial charge in [-0.2, -0.15) is 0 Å². The van der Waals surface area contributed by atoms with E-state index in [9.17, 15) is 13.6 Å². The average Bonchev–Trinajstić information content (AvgIpc) is 2.50. The molecule has 104 valence electrons. The highest BCUT2D eigenvalue weighted by atomic mass is 19.1. The maximum Gasteiger partial charge on any atom is 0.199 e. The predicted octanol–water partition coefficient (Wildman–Crippen LogP) is 4.66. The van der Waals surface area contributed by atoms with E-state index in [0.29, 0.717) is 10.9 Å². The molecule has 0 saturated heterocycles. The lowest BCUT2D eigenvalue weighted by Gasteiger charge is -2.09. The van der Waals surface area contributed by atoms with Crippen molar-refractivity contribution in [1.29, 1.82) is 0 Å². The first-order valence-electron chi connectivity index (χ1n) is 6.56. The van der Waals surface area contributed by atoms with Gasteiger partial charge in [0.1, 0.15) is 11.6 Å². The summed E-state index contributed by atoms with van der Waals surface area (Å²) in [4.78, 5) is 12.6. The Labute approximate surface area is 120 Å². The lowest BCUT2D eigenvalue weighted by molar-refractivity contribution is 0.103. The van der Waals surface area contributed by atoms with Crippen LogP contribution in [-0.4, -0.2) is 5.78 Å². The molecule has 0 radical (unpaired) electrons. The number of hydrogen-bond donors (Lipinski definition) is 0. The highest BCUT2D eigenvalue weighted by molar-refractivity contribution is 6.16. The van der Waals surface area contributed by atoms with Crippen molar-refractivity contribution >= 4 is 16.6 Å². The van der Waals surface area contributed by atoms with Crippen molar-refractivity contribution in [3.8, 4) is 0 Å². The molecule has 0 heterocycles. The number of rotatable bonds is 2. The maximum absolute atomic E-state index is 14.1.